The molecule has 0 unspecified atom stereocenters. The van der Waals surface area contributed by atoms with Crippen molar-refractivity contribution in [3.63, 3.8) is 0 Å². The van der Waals surface area contributed by atoms with E-state index in [1.165, 1.54) is 24.8 Å². The summed E-state index contributed by atoms with van der Waals surface area (Å²) < 4.78 is 26.6. The van der Waals surface area contributed by atoms with Crippen LogP contribution in [0.25, 0.3) is 0 Å². The van der Waals surface area contributed by atoms with E-state index in [1.807, 2.05) is 20.8 Å². The van der Waals surface area contributed by atoms with E-state index in [0.29, 0.717) is 25.9 Å². The molecule has 1 aliphatic carbocycles. The maximum absolute atomic E-state index is 13.2. The van der Waals surface area contributed by atoms with Crippen molar-refractivity contribution >= 4 is 28.2 Å². The molecular formula is C25H41ClN2O3S. The Hall–Kier alpha value is -0.950. The van der Waals surface area contributed by atoms with Gasteiger partial charge in [-0.3, -0.25) is 9.69 Å². The molecule has 0 bridgehead atoms. The minimum atomic E-state index is -3.13. The zero-order valence-electron chi connectivity index (χ0n) is 20.3. The predicted octanol–water partition coefficient (Wildman–Crippen LogP) is 5.06. The van der Waals surface area contributed by atoms with Crippen molar-refractivity contribution in [2.24, 2.45) is 0 Å². The average Bonchev–Trinajstić information content (AvgIpc) is 2.72. The molecule has 3 rings (SSSR count). The summed E-state index contributed by atoms with van der Waals surface area (Å²) in [5.74, 6) is 0.492. The zero-order chi connectivity index (χ0) is 22.6. The zero-order valence-corrected chi connectivity index (χ0v) is 21.9. The van der Waals surface area contributed by atoms with Gasteiger partial charge in [-0.2, -0.15) is 4.31 Å². The minimum Gasteiger partial charge on any atom is -0.295 e. The van der Waals surface area contributed by atoms with Crippen molar-refractivity contribution in [2.45, 2.75) is 84.6 Å². The van der Waals surface area contributed by atoms with Crippen molar-refractivity contribution in [3.05, 3.63) is 34.4 Å². The number of ketones is 1. The first-order chi connectivity index (χ1) is 14.7. The van der Waals surface area contributed by atoms with Gasteiger partial charge in [-0.15, -0.1) is 12.4 Å². The molecule has 1 aliphatic heterocycles. The Labute approximate surface area is 201 Å². The van der Waals surface area contributed by atoms with Gasteiger partial charge in [0.1, 0.15) is 0 Å². The highest BCUT2D eigenvalue weighted by molar-refractivity contribution is 7.89. The molecule has 5 nitrogen and oxygen atoms in total. The van der Waals surface area contributed by atoms with Crippen LogP contribution in [-0.2, 0) is 10.0 Å². The predicted molar refractivity (Wildman–Crippen MR) is 135 cm³/mol. The molecule has 1 saturated heterocycles. The highest BCUT2D eigenvalue weighted by Gasteiger charge is 2.40. The monoisotopic (exact) mass is 484 g/mol. The van der Waals surface area contributed by atoms with Gasteiger partial charge in [-0.1, -0.05) is 43.9 Å². The largest absolute Gasteiger partial charge is 0.295 e. The maximum atomic E-state index is 13.2. The first kappa shape index (κ1) is 27.3. The molecule has 7 heteroatoms. The third-order valence-electron chi connectivity index (χ3n) is 7.32. The van der Waals surface area contributed by atoms with Crippen molar-refractivity contribution < 1.29 is 13.2 Å². The minimum absolute atomic E-state index is 0. The lowest BCUT2D eigenvalue weighted by Crippen LogP contribution is -2.58. The standard InChI is InChI=1S/C25H40N2O3S.ClH/c1-5-17-31(29,30)27-15-13-26(14-16-27)25(10-7-6-8-11-25)12-9-23(28)24-21(3)18-20(2)19-22(24)4;/h18-19H,5-17H2,1-4H3;1H. The molecule has 0 amide bonds. The number of sulfonamides is 1. The van der Waals surface area contributed by atoms with E-state index in [-0.39, 0.29) is 29.5 Å². The molecule has 32 heavy (non-hydrogen) atoms. The molecule has 182 valence electrons. The lowest BCUT2D eigenvalue weighted by molar-refractivity contribution is 0.0165. The van der Waals surface area contributed by atoms with Crippen molar-refractivity contribution in [1.82, 2.24) is 9.21 Å². The Morgan fingerprint density at radius 3 is 2.06 bits per heavy atom. The number of hydrogen-bond donors (Lipinski definition) is 0. The molecule has 2 aliphatic rings. The first-order valence-electron chi connectivity index (χ1n) is 12.0. The first-order valence-corrected chi connectivity index (χ1v) is 13.6. The summed E-state index contributed by atoms with van der Waals surface area (Å²) in [6, 6.07) is 4.21. The van der Waals surface area contributed by atoms with Gasteiger partial charge in [0.2, 0.25) is 10.0 Å². The van der Waals surface area contributed by atoms with Crippen molar-refractivity contribution in [3.8, 4) is 0 Å². The van der Waals surface area contributed by atoms with E-state index in [2.05, 4.69) is 24.0 Å². The van der Waals surface area contributed by atoms with Gasteiger partial charge in [0.25, 0.3) is 0 Å². The van der Waals surface area contributed by atoms with Crippen LogP contribution < -0.4 is 0 Å². The molecule has 1 heterocycles. The third-order valence-corrected chi connectivity index (χ3v) is 9.40. The molecule has 1 aromatic carbocycles. The van der Waals surface area contributed by atoms with Crippen LogP contribution in [0.2, 0.25) is 0 Å². The van der Waals surface area contributed by atoms with Gasteiger partial charge >= 0.3 is 0 Å². The average molecular weight is 485 g/mol. The van der Waals surface area contributed by atoms with Gasteiger partial charge in [-0.05, 0) is 57.6 Å². The normalized spacial score (nSPS) is 20.0. The quantitative estimate of drug-likeness (QED) is 0.484. The highest BCUT2D eigenvalue weighted by Crippen LogP contribution is 2.39. The molecule has 0 N–H and O–H groups in total. The van der Waals surface area contributed by atoms with Gasteiger partial charge in [0, 0.05) is 43.7 Å². The van der Waals surface area contributed by atoms with Gasteiger partial charge in [-0.25, -0.2) is 8.42 Å². The molecule has 0 aromatic heterocycles. The fraction of sp³-hybridized carbons (Fsp3) is 0.720. The number of carbonyl (C=O) groups excluding carboxylic acids is 1. The van der Waals surface area contributed by atoms with Gasteiger partial charge in [0.15, 0.2) is 5.78 Å². The number of Topliss-reactive ketones (excluding diaryl/α,β-unsaturated/α-hetero) is 1. The summed E-state index contributed by atoms with van der Waals surface area (Å²) in [6.45, 7) is 10.8. The summed E-state index contributed by atoms with van der Waals surface area (Å²) in [6.07, 6.45) is 8.00. The van der Waals surface area contributed by atoms with Crippen LogP contribution in [0.5, 0.6) is 0 Å². The maximum Gasteiger partial charge on any atom is 0.214 e. The van der Waals surface area contributed by atoms with Crippen LogP contribution in [0.15, 0.2) is 12.1 Å². The van der Waals surface area contributed by atoms with Crippen LogP contribution in [0.1, 0.15) is 85.3 Å². The SMILES string of the molecule is CCCS(=O)(=O)N1CCN(C2(CCC(=O)c3c(C)cc(C)cc3C)CCCCC2)CC1.Cl. The van der Waals surface area contributed by atoms with E-state index in [9.17, 15) is 13.2 Å². The molecule has 2 fully saturated rings. The number of carbonyl (C=O) groups is 1. The number of halogens is 1. The lowest BCUT2D eigenvalue weighted by Gasteiger charge is -2.50. The molecule has 0 radical (unpaired) electrons. The summed E-state index contributed by atoms with van der Waals surface area (Å²) >= 11 is 0. The molecule has 0 atom stereocenters. The second-order valence-electron chi connectivity index (χ2n) is 9.68. The molecule has 1 aromatic rings. The van der Waals surface area contributed by atoms with Gasteiger partial charge in [0.05, 0.1) is 5.75 Å². The Morgan fingerprint density at radius 1 is 0.969 bits per heavy atom. The molecule has 0 spiro atoms. The summed E-state index contributed by atoms with van der Waals surface area (Å²) in [4.78, 5) is 15.7. The van der Waals surface area contributed by atoms with E-state index >= 15 is 0 Å². The fourth-order valence-corrected chi connectivity index (χ4v) is 7.35. The van der Waals surface area contributed by atoms with Crippen molar-refractivity contribution in [2.75, 3.05) is 31.9 Å². The fourth-order valence-electron chi connectivity index (χ4n) is 5.85. The highest BCUT2D eigenvalue weighted by atomic mass is 35.5. The summed E-state index contributed by atoms with van der Waals surface area (Å²) in [7, 11) is -3.13. The van der Waals surface area contributed by atoms with Crippen molar-refractivity contribution in [1.29, 1.82) is 0 Å². The second kappa shape index (κ2) is 11.5. The number of aryl methyl sites for hydroxylation is 3. The number of nitrogens with zero attached hydrogens (tertiary/aromatic N) is 2. The Kier molecular flexibility index (Phi) is 9.77. The number of piperazine rings is 1. The Bertz CT molecular complexity index is 863. The third kappa shape index (κ3) is 6.13. The summed E-state index contributed by atoms with van der Waals surface area (Å²) in [5.41, 5.74) is 4.30. The molecule has 1 saturated carbocycles. The Balaban J connectivity index is 0.00000363. The molecular weight excluding hydrogens is 444 g/mol. The van der Waals surface area contributed by atoms with E-state index in [0.717, 1.165) is 49.0 Å². The Morgan fingerprint density at radius 2 is 1.53 bits per heavy atom. The van der Waals surface area contributed by atoms with Crippen LogP contribution in [0.4, 0.5) is 0 Å². The number of rotatable bonds is 8. The topological polar surface area (TPSA) is 57.7 Å². The second-order valence-corrected chi connectivity index (χ2v) is 11.8. The van der Waals surface area contributed by atoms with Gasteiger partial charge < -0.3 is 0 Å². The van der Waals surface area contributed by atoms with E-state index in [1.54, 1.807) is 4.31 Å². The lowest BCUT2D eigenvalue weighted by atomic mass is 9.76. The van der Waals surface area contributed by atoms with E-state index in [4.69, 9.17) is 0 Å². The van der Waals surface area contributed by atoms with Crippen LogP contribution in [-0.4, -0.2) is 60.9 Å². The van der Waals surface area contributed by atoms with E-state index < -0.39 is 10.0 Å². The smallest absolute Gasteiger partial charge is 0.214 e. The van der Waals surface area contributed by atoms with Crippen LogP contribution in [0.3, 0.4) is 0 Å². The van der Waals surface area contributed by atoms with Crippen LogP contribution >= 0.6 is 12.4 Å². The van der Waals surface area contributed by atoms with Crippen LogP contribution in [0, 0.1) is 20.8 Å². The number of hydrogen-bond acceptors (Lipinski definition) is 4. The number of benzene rings is 1. The summed E-state index contributed by atoms with van der Waals surface area (Å²) in [5, 5.41) is 0.